The molecule has 0 aliphatic rings. The largest absolute Gasteiger partial charge is 0.434 e. The molecule has 0 spiro atoms. The number of rotatable bonds is 5. The second-order valence-electron chi connectivity index (χ2n) is 6.08. The zero-order chi connectivity index (χ0) is 19.4. The quantitative estimate of drug-likeness (QED) is 0.730. The van der Waals surface area contributed by atoms with Crippen LogP contribution in [0.25, 0.3) is 5.69 Å². The number of amides is 1. The first-order valence-corrected chi connectivity index (χ1v) is 8.41. The Balaban J connectivity index is 1.81. The number of carbonyl (C=O) groups is 1. The lowest BCUT2D eigenvalue weighted by atomic mass is 10.1. The Labute approximate surface area is 154 Å². The van der Waals surface area contributed by atoms with E-state index in [9.17, 15) is 18.0 Å². The summed E-state index contributed by atoms with van der Waals surface area (Å²) in [6.07, 6.45) is -3.22. The van der Waals surface area contributed by atoms with Gasteiger partial charge < -0.3 is 5.32 Å². The van der Waals surface area contributed by atoms with E-state index >= 15 is 0 Å². The SMILES string of the molecule is Cc1ccccc1CCNC(=O)c1cnn(-c2ccccc2)c1C(F)(F)F. The zero-order valence-corrected chi connectivity index (χ0v) is 14.6. The van der Waals surface area contributed by atoms with Crippen molar-refractivity contribution in [3.05, 3.63) is 83.2 Å². The molecule has 0 unspecified atom stereocenters. The fourth-order valence-electron chi connectivity index (χ4n) is 2.85. The molecule has 1 aromatic heterocycles. The van der Waals surface area contributed by atoms with Crippen LogP contribution in [0.1, 0.15) is 27.2 Å². The number of nitrogens with zero attached hydrogens (tertiary/aromatic N) is 2. The summed E-state index contributed by atoms with van der Waals surface area (Å²) in [6.45, 7) is 2.18. The van der Waals surface area contributed by atoms with E-state index in [0.717, 1.165) is 22.0 Å². The maximum atomic E-state index is 13.6. The van der Waals surface area contributed by atoms with Gasteiger partial charge >= 0.3 is 6.18 Å². The number of aromatic nitrogens is 2. The summed E-state index contributed by atoms with van der Waals surface area (Å²) in [6, 6.07) is 15.6. The van der Waals surface area contributed by atoms with Crippen LogP contribution in [-0.2, 0) is 12.6 Å². The Morgan fingerprint density at radius 3 is 2.41 bits per heavy atom. The molecule has 3 rings (SSSR count). The van der Waals surface area contributed by atoms with Crippen molar-refractivity contribution in [3.63, 3.8) is 0 Å². The van der Waals surface area contributed by atoms with E-state index in [2.05, 4.69) is 10.4 Å². The molecule has 0 aliphatic heterocycles. The minimum Gasteiger partial charge on any atom is -0.352 e. The molecule has 1 N–H and O–H groups in total. The third-order valence-electron chi connectivity index (χ3n) is 4.22. The number of aryl methyl sites for hydroxylation is 1. The molecule has 1 heterocycles. The van der Waals surface area contributed by atoms with Gasteiger partial charge in [-0.3, -0.25) is 4.79 Å². The van der Waals surface area contributed by atoms with E-state index in [0.29, 0.717) is 6.42 Å². The molecule has 2 aromatic carbocycles. The van der Waals surface area contributed by atoms with Crippen molar-refractivity contribution < 1.29 is 18.0 Å². The second-order valence-corrected chi connectivity index (χ2v) is 6.08. The first kappa shape index (κ1) is 18.7. The minimum absolute atomic E-state index is 0.234. The highest BCUT2D eigenvalue weighted by molar-refractivity contribution is 5.95. The van der Waals surface area contributed by atoms with Crippen LogP contribution < -0.4 is 5.32 Å². The van der Waals surface area contributed by atoms with E-state index in [-0.39, 0.29) is 12.2 Å². The molecule has 0 aliphatic carbocycles. The van der Waals surface area contributed by atoms with Gasteiger partial charge in [-0.1, -0.05) is 42.5 Å². The lowest BCUT2D eigenvalue weighted by molar-refractivity contribution is -0.143. The van der Waals surface area contributed by atoms with Gasteiger partial charge in [0.25, 0.3) is 5.91 Å². The molecule has 0 bridgehead atoms. The Bertz CT molecular complexity index is 933. The summed E-state index contributed by atoms with van der Waals surface area (Å²) in [5, 5.41) is 6.35. The number of benzene rings is 2. The van der Waals surface area contributed by atoms with Gasteiger partial charge in [-0.15, -0.1) is 0 Å². The van der Waals surface area contributed by atoms with Gasteiger partial charge in [0.2, 0.25) is 0 Å². The molecule has 7 heteroatoms. The molecule has 0 saturated carbocycles. The van der Waals surface area contributed by atoms with Crippen LogP contribution in [0.15, 0.2) is 60.8 Å². The molecule has 140 valence electrons. The van der Waals surface area contributed by atoms with Gasteiger partial charge in [0.1, 0.15) is 0 Å². The standard InChI is InChI=1S/C20H18F3N3O/c1-14-7-5-6-8-15(14)11-12-24-19(27)17-13-25-26(18(17)20(21,22)23)16-9-3-2-4-10-16/h2-10,13H,11-12H2,1H3,(H,24,27). The number of alkyl halides is 3. The second kappa shape index (κ2) is 7.65. The van der Waals surface area contributed by atoms with Crippen LogP contribution in [0.2, 0.25) is 0 Å². The van der Waals surface area contributed by atoms with Gasteiger partial charge in [-0.05, 0) is 36.6 Å². The summed E-state index contributed by atoms with van der Waals surface area (Å²) in [7, 11) is 0. The summed E-state index contributed by atoms with van der Waals surface area (Å²) in [5.41, 5.74) is 0.774. The third kappa shape index (κ3) is 4.19. The number of halogens is 3. The number of para-hydroxylation sites is 1. The molecule has 1 amide bonds. The molecule has 0 atom stereocenters. The monoisotopic (exact) mass is 373 g/mol. The van der Waals surface area contributed by atoms with Crippen molar-refractivity contribution in [1.29, 1.82) is 0 Å². The van der Waals surface area contributed by atoms with E-state index in [4.69, 9.17) is 0 Å². The van der Waals surface area contributed by atoms with Gasteiger partial charge in [0, 0.05) is 6.54 Å². The fraction of sp³-hybridized carbons (Fsp3) is 0.200. The Morgan fingerprint density at radius 2 is 1.74 bits per heavy atom. The first-order chi connectivity index (χ1) is 12.9. The topological polar surface area (TPSA) is 46.9 Å². The zero-order valence-electron chi connectivity index (χ0n) is 14.6. The third-order valence-corrected chi connectivity index (χ3v) is 4.22. The van der Waals surface area contributed by atoms with Crippen molar-refractivity contribution in [2.75, 3.05) is 6.54 Å². The van der Waals surface area contributed by atoms with Crippen molar-refractivity contribution >= 4 is 5.91 Å². The number of carbonyl (C=O) groups excluding carboxylic acids is 1. The van der Waals surface area contributed by atoms with Crippen molar-refractivity contribution in [3.8, 4) is 5.69 Å². The molecular weight excluding hydrogens is 355 g/mol. The average Bonchev–Trinajstić information content (AvgIpc) is 3.10. The fourth-order valence-corrected chi connectivity index (χ4v) is 2.85. The summed E-state index contributed by atoms with van der Waals surface area (Å²) >= 11 is 0. The maximum Gasteiger partial charge on any atom is 0.434 e. The average molecular weight is 373 g/mol. The first-order valence-electron chi connectivity index (χ1n) is 8.41. The van der Waals surface area contributed by atoms with Crippen LogP contribution in [0, 0.1) is 6.92 Å². The lowest BCUT2D eigenvalue weighted by Crippen LogP contribution is -2.28. The van der Waals surface area contributed by atoms with Gasteiger partial charge in [0.05, 0.1) is 17.4 Å². The number of nitrogens with one attached hydrogen (secondary N) is 1. The summed E-state index contributed by atoms with van der Waals surface area (Å²) in [5.74, 6) is -0.793. The van der Waals surface area contributed by atoms with Gasteiger partial charge in [-0.25, -0.2) is 4.68 Å². The normalized spacial score (nSPS) is 11.4. The number of hydrogen-bond acceptors (Lipinski definition) is 2. The maximum absolute atomic E-state index is 13.6. The predicted molar refractivity (Wildman–Crippen MR) is 95.8 cm³/mol. The van der Waals surface area contributed by atoms with Crippen LogP contribution in [0.5, 0.6) is 0 Å². The van der Waals surface area contributed by atoms with E-state index < -0.39 is 23.3 Å². The van der Waals surface area contributed by atoms with E-state index in [1.807, 2.05) is 31.2 Å². The van der Waals surface area contributed by atoms with E-state index in [1.165, 1.54) is 12.1 Å². The Morgan fingerprint density at radius 1 is 1.07 bits per heavy atom. The molecule has 3 aromatic rings. The molecule has 27 heavy (non-hydrogen) atoms. The number of hydrogen-bond donors (Lipinski definition) is 1. The molecular formula is C20H18F3N3O. The molecule has 0 saturated heterocycles. The minimum atomic E-state index is -4.71. The van der Waals surface area contributed by atoms with Crippen LogP contribution in [0.4, 0.5) is 13.2 Å². The van der Waals surface area contributed by atoms with Crippen LogP contribution in [-0.4, -0.2) is 22.2 Å². The molecule has 4 nitrogen and oxygen atoms in total. The highest BCUT2D eigenvalue weighted by Gasteiger charge is 2.40. The Hall–Kier alpha value is -3.09. The van der Waals surface area contributed by atoms with Crippen molar-refractivity contribution in [2.24, 2.45) is 0 Å². The molecule has 0 radical (unpaired) electrons. The Kier molecular flexibility index (Phi) is 5.30. The highest BCUT2D eigenvalue weighted by Crippen LogP contribution is 2.33. The summed E-state index contributed by atoms with van der Waals surface area (Å²) in [4.78, 5) is 12.4. The van der Waals surface area contributed by atoms with Gasteiger partial charge in [0.15, 0.2) is 5.69 Å². The highest BCUT2D eigenvalue weighted by atomic mass is 19.4. The van der Waals surface area contributed by atoms with Crippen LogP contribution >= 0.6 is 0 Å². The summed E-state index contributed by atoms with van der Waals surface area (Å²) < 4.78 is 41.5. The van der Waals surface area contributed by atoms with Gasteiger partial charge in [-0.2, -0.15) is 18.3 Å². The smallest absolute Gasteiger partial charge is 0.352 e. The van der Waals surface area contributed by atoms with Crippen molar-refractivity contribution in [1.82, 2.24) is 15.1 Å². The molecule has 0 fully saturated rings. The lowest BCUT2D eigenvalue weighted by Gasteiger charge is -2.13. The van der Waals surface area contributed by atoms with E-state index in [1.54, 1.807) is 18.2 Å². The van der Waals surface area contributed by atoms with Crippen molar-refractivity contribution in [2.45, 2.75) is 19.5 Å². The predicted octanol–water partition coefficient (Wildman–Crippen LogP) is 4.17. The van der Waals surface area contributed by atoms with Crippen LogP contribution in [0.3, 0.4) is 0 Å².